The molecule has 0 spiro atoms. The summed E-state index contributed by atoms with van der Waals surface area (Å²) in [6.45, 7) is 3.09. The number of nitrogens with one attached hydrogen (secondary N) is 1. The van der Waals surface area contributed by atoms with Gasteiger partial charge in [0.2, 0.25) is 11.8 Å². The molecule has 0 radical (unpaired) electrons. The van der Waals surface area contributed by atoms with Crippen LogP contribution in [0.3, 0.4) is 0 Å². The first kappa shape index (κ1) is 22.2. The topological polar surface area (TPSA) is 122 Å². The van der Waals surface area contributed by atoms with Gasteiger partial charge in [0.1, 0.15) is 6.04 Å². The summed E-state index contributed by atoms with van der Waals surface area (Å²) >= 11 is 0. The zero-order valence-corrected chi connectivity index (χ0v) is 18.6. The van der Waals surface area contributed by atoms with Crippen molar-refractivity contribution >= 4 is 23.6 Å². The molecule has 3 saturated heterocycles. The number of nitrogens with two attached hydrogens (primary N) is 1. The predicted molar refractivity (Wildman–Crippen MR) is 118 cm³/mol. The van der Waals surface area contributed by atoms with E-state index in [1.54, 1.807) is 12.1 Å². The predicted octanol–water partition coefficient (Wildman–Crippen LogP) is 0.806. The Labute approximate surface area is 192 Å². The summed E-state index contributed by atoms with van der Waals surface area (Å²) in [5.74, 6) is -1.37. The Morgan fingerprint density at radius 3 is 2.55 bits per heavy atom. The van der Waals surface area contributed by atoms with Crippen molar-refractivity contribution in [2.45, 2.75) is 63.3 Å². The van der Waals surface area contributed by atoms with E-state index in [0.717, 1.165) is 55.8 Å². The minimum absolute atomic E-state index is 0.112. The maximum atomic E-state index is 13.3. The van der Waals surface area contributed by atoms with E-state index in [1.807, 2.05) is 6.07 Å². The Kier molecular flexibility index (Phi) is 6.03. The summed E-state index contributed by atoms with van der Waals surface area (Å²) in [6.07, 6.45) is 4.38. The van der Waals surface area contributed by atoms with Crippen molar-refractivity contribution in [2.75, 3.05) is 19.7 Å². The van der Waals surface area contributed by atoms with Gasteiger partial charge in [-0.15, -0.1) is 0 Å². The van der Waals surface area contributed by atoms with Crippen LogP contribution < -0.4 is 11.1 Å². The van der Waals surface area contributed by atoms with Crippen LogP contribution in [0.25, 0.3) is 0 Å². The van der Waals surface area contributed by atoms with Gasteiger partial charge in [0.15, 0.2) is 0 Å². The molecular weight excluding hydrogens is 424 g/mol. The third-order valence-corrected chi connectivity index (χ3v) is 7.46. The zero-order chi connectivity index (χ0) is 23.1. The lowest BCUT2D eigenvalue weighted by atomic mass is 9.86. The van der Waals surface area contributed by atoms with E-state index in [1.165, 1.54) is 0 Å². The van der Waals surface area contributed by atoms with Gasteiger partial charge in [-0.1, -0.05) is 12.1 Å². The number of rotatable bonds is 4. The molecule has 0 bridgehead atoms. The second-order valence-electron chi connectivity index (χ2n) is 9.59. The van der Waals surface area contributed by atoms with E-state index in [2.05, 4.69) is 10.2 Å². The van der Waals surface area contributed by atoms with Crippen LogP contribution in [-0.2, 0) is 20.9 Å². The smallest absolute Gasteiger partial charge is 0.262 e. The summed E-state index contributed by atoms with van der Waals surface area (Å²) in [4.78, 5) is 53.4. The summed E-state index contributed by atoms with van der Waals surface area (Å²) in [6, 6.07) is 4.59. The maximum absolute atomic E-state index is 13.3. The third-order valence-electron chi connectivity index (χ3n) is 7.46. The van der Waals surface area contributed by atoms with Crippen molar-refractivity contribution in [3.63, 3.8) is 0 Å². The van der Waals surface area contributed by atoms with Gasteiger partial charge in [0.05, 0.1) is 17.2 Å². The van der Waals surface area contributed by atoms with Crippen molar-refractivity contribution in [1.29, 1.82) is 0 Å². The zero-order valence-electron chi connectivity index (χ0n) is 18.6. The van der Waals surface area contributed by atoms with Gasteiger partial charge in [-0.2, -0.15) is 0 Å². The molecule has 4 aliphatic heterocycles. The van der Waals surface area contributed by atoms with Gasteiger partial charge in [-0.3, -0.25) is 34.3 Å². The number of fused-ring (bicyclic) bond motifs is 1. The fourth-order valence-corrected chi connectivity index (χ4v) is 5.62. The number of hydrogen-bond acceptors (Lipinski definition) is 7. The Balaban J connectivity index is 1.27. The average molecular weight is 455 g/mol. The first-order valence-corrected chi connectivity index (χ1v) is 11.9. The summed E-state index contributed by atoms with van der Waals surface area (Å²) < 4.78 is 5.97. The molecule has 0 aromatic heterocycles. The maximum Gasteiger partial charge on any atom is 0.262 e. The molecule has 176 valence electrons. The van der Waals surface area contributed by atoms with Crippen LogP contribution >= 0.6 is 0 Å². The SMILES string of the molecule is NC1CCOC(C2CCN(Cc3cccc4c3C(=O)N(C3CCC(=O)NC3=O)C4=O)CC2)C1. The lowest BCUT2D eigenvalue weighted by Gasteiger charge is -2.39. The average Bonchev–Trinajstić information content (AvgIpc) is 3.05. The second-order valence-corrected chi connectivity index (χ2v) is 9.59. The minimum Gasteiger partial charge on any atom is -0.378 e. The number of likely N-dealkylation sites (tertiary alicyclic amines) is 1. The van der Waals surface area contributed by atoms with Crippen LogP contribution in [0.1, 0.15) is 64.8 Å². The molecule has 4 aliphatic rings. The Bertz CT molecular complexity index is 987. The monoisotopic (exact) mass is 454 g/mol. The fraction of sp³-hybridized carbons (Fsp3) is 0.583. The van der Waals surface area contributed by atoms with E-state index in [0.29, 0.717) is 23.6 Å². The molecule has 3 unspecified atom stereocenters. The molecule has 0 aliphatic carbocycles. The molecule has 3 atom stereocenters. The van der Waals surface area contributed by atoms with Gasteiger partial charge >= 0.3 is 0 Å². The van der Waals surface area contributed by atoms with Crippen molar-refractivity contribution in [2.24, 2.45) is 11.7 Å². The quantitative estimate of drug-likeness (QED) is 0.646. The number of carbonyl (C=O) groups excluding carboxylic acids is 4. The molecule has 1 aromatic rings. The van der Waals surface area contributed by atoms with E-state index < -0.39 is 23.8 Å². The highest BCUT2D eigenvalue weighted by Crippen LogP contribution is 2.32. The third kappa shape index (κ3) is 4.20. The number of hydrogen-bond donors (Lipinski definition) is 2. The molecule has 3 fully saturated rings. The van der Waals surface area contributed by atoms with E-state index in [4.69, 9.17) is 10.5 Å². The molecule has 5 rings (SSSR count). The van der Waals surface area contributed by atoms with Crippen LogP contribution in [0, 0.1) is 5.92 Å². The number of imide groups is 2. The molecule has 33 heavy (non-hydrogen) atoms. The fourth-order valence-electron chi connectivity index (χ4n) is 5.62. The second kappa shape index (κ2) is 8.96. The highest BCUT2D eigenvalue weighted by Gasteiger charge is 2.45. The molecule has 4 heterocycles. The largest absolute Gasteiger partial charge is 0.378 e. The van der Waals surface area contributed by atoms with Crippen molar-refractivity contribution < 1.29 is 23.9 Å². The summed E-state index contributed by atoms with van der Waals surface area (Å²) in [5.41, 5.74) is 7.64. The first-order chi connectivity index (χ1) is 15.9. The van der Waals surface area contributed by atoms with E-state index in [-0.39, 0.29) is 30.9 Å². The molecule has 3 N–H and O–H groups in total. The first-order valence-electron chi connectivity index (χ1n) is 11.9. The molecule has 4 amide bonds. The van der Waals surface area contributed by atoms with Crippen molar-refractivity contribution in [1.82, 2.24) is 15.1 Å². The van der Waals surface area contributed by atoms with Gasteiger partial charge in [-0.25, -0.2) is 0 Å². The lowest BCUT2D eigenvalue weighted by Crippen LogP contribution is -2.54. The molecule has 9 nitrogen and oxygen atoms in total. The van der Waals surface area contributed by atoms with Crippen LogP contribution in [0.15, 0.2) is 18.2 Å². The van der Waals surface area contributed by atoms with Crippen molar-refractivity contribution in [3.8, 4) is 0 Å². The highest BCUT2D eigenvalue weighted by molar-refractivity contribution is 6.24. The number of amides is 4. The summed E-state index contributed by atoms with van der Waals surface area (Å²) in [5, 5.41) is 2.24. The Morgan fingerprint density at radius 1 is 1.03 bits per heavy atom. The number of benzene rings is 1. The molecule has 0 saturated carbocycles. The molecule has 1 aromatic carbocycles. The standard InChI is InChI=1S/C24H30N4O5/c25-16-8-11-33-19(12-16)14-6-9-27(10-7-14)13-15-2-1-3-17-21(15)24(32)28(23(17)31)18-4-5-20(29)26-22(18)30/h1-3,14,16,18-19H,4-13,25H2,(H,26,29,30). The van der Waals surface area contributed by atoms with Gasteiger partial charge in [0.25, 0.3) is 11.8 Å². The van der Waals surface area contributed by atoms with E-state index >= 15 is 0 Å². The Hall–Kier alpha value is -2.62. The lowest BCUT2D eigenvalue weighted by molar-refractivity contribution is -0.136. The van der Waals surface area contributed by atoms with Gasteiger partial charge in [0, 0.05) is 25.6 Å². The van der Waals surface area contributed by atoms with Gasteiger partial charge < -0.3 is 10.5 Å². The number of ether oxygens (including phenoxy) is 1. The van der Waals surface area contributed by atoms with Gasteiger partial charge in [-0.05, 0) is 62.7 Å². The number of nitrogens with zero attached hydrogens (tertiary/aromatic N) is 2. The van der Waals surface area contributed by atoms with Crippen LogP contribution in [0.2, 0.25) is 0 Å². The van der Waals surface area contributed by atoms with Crippen LogP contribution in [0.4, 0.5) is 0 Å². The normalized spacial score (nSPS) is 29.4. The summed E-state index contributed by atoms with van der Waals surface area (Å²) in [7, 11) is 0. The van der Waals surface area contributed by atoms with E-state index in [9.17, 15) is 19.2 Å². The highest BCUT2D eigenvalue weighted by atomic mass is 16.5. The minimum atomic E-state index is -0.944. The molecular formula is C24H30N4O5. The Morgan fingerprint density at radius 2 is 1.82 bits per heavy atom. The van der Waals surface area contributed by atoms with Crippen LogP contribution in [0.5, 0.6) is 0 Å². The number of carbonyl (C=O) groups is 4. The molecule has 9 heteroatoms. The van der Waals surface area contributed by atoms with Crippen molar-refractivity contribution in [3.05, 3.63) is 34.9 Å². The number of piperidine rings is 2. The van der Waals surface area contributed by atoms with Crippen LogP contribution in [-0.4, -0.2) is 71.3 Å².